The average molecular weight is 378 g/mol. The lowest BCUT2D eigenvalue weighted by molar-refractivity contribution is 0.0949. The zero-order valence-corrected chi connectivity index (χ0v) is 15.6. The van der Waals surface area contributed by atoms with E-state index in [1.54, 1.807) is 31.4 Å². The number of carbonyl (C=O) groups excluding carboxylic acids is 2. The molecule has 1 aliphatic rings. The van der Waals surface area contributed by atoms with Gasteiger partial charge < -0.3 is 14.6 Å². The third-order valence-corrected chi connectivity index (χ3v) is 4.72. The van der Waals surface area contributed by atoms with Crippen LogP contribution in [0, 0.1) is 0 Å². The topological polar surface area (TPSA) is 85.2 Å². The quantitative estimate of drug-likeness (QED) is 0.662. The van der Waals surface area contributed by atoms with Crippen molar-refractivity contribution in [1.82, 2.24) is 14.9 Å². The average Bonchev–Trinajstić information content (AvgIpc) is 3.46. The highest BCUT2D eigenvalue weighted by molar-refractivity contribution is 6.05. The normalized spacial score (nSPS) is 13.5. The van der Waals surface area contributed by atoms with Crippen LogP contribution in [-0.4, -0.2) is 41.1 Å². The van der Waals surface area contributed by atoms with E-state index in [4.69, 9.17) is 4.74 Å². The second kappa shape index (κ2) is 7.82. The summed E-state index contributed by atoms with van der Waals surface area (Å²) in [5, 5.41) is 5.81. The molecule has 2 N–H and O–H groups in total. The van der Waals surface area contributed by atoms with Crippen molar-refractivity contribution in [2.45, 2.75) is 25.4 Å². The third-order valence-electron chi connectivity index (χ3n) is 4.72. The van der Waals surface area contributed by atoms with Crippen molar-refractivity contribution in [2.24, 2.45) is 0 Å². The fraction of sp³-hybridized carbons (Fsp3) is 0.286. The first-order valence-corrected chi connectivity index (χ1v) is 9.32. The molecule has 1 fully saturated rings. The van der Waals surface area contributed by atoms with E-state index in [0.717, 1.165) is 23.9 Å². The molecule has 1 saturated carbocycles. The van der Waals surface area contributed by atoms with Crippen LogP contribution in [0.15, 0.2) is 48.5 Å². The van der Waals surface area contributed by atoms with Crippen molar-refractivity contribution >= 4 is 28.8 Å². The number of nitrogens with one attached hydrogen (secondary N) is 2. The number of aromatic nitrogens is 2. The number of para-hydroxylation sites is 2. The Labute approximate surface area is 162 Å². The molecule has 1 heterocycles. The maximum Gasteiger partial charge on any atom is 0.257 e. The molecule has 7 heteroatoms. The molecule has 0 radical (unpaired) electrons. The molecule has 4 rings (SSSR count). The van der Waals surface area contributed by atoms with Gasteiger partial charge in [0.1, 0.15) is 0 Å². The highest BCUT2D eigenvalue weighted by atomic mass is 16.5. The number of carbonyl (C=O) groups is 2. The molecule has 3 aromatic rings. The van der Waals surface area contributed by atoms with Gasteiger partial charge in [-0.05, 0) is 49.2 Å². The first-order valence-electron chi connectivity index (χ1n) is 9.32. The van der Waals surface area contributed by atoms with E-state index in [-0.39, 0.29) is 11.8 Å². The molecule has 0 spiro atoms. The molecule has 0 atom stereocenters. The molecule has 0 aliphatic heterocycles. The Morgan fingerprint density at radius 3 is 2.43 bits per heavy atom. The van der Waals surface area contributed by atoms with Gasteiger partial charge in [0.2, 0.25) is 5.95 Å². The minimum Gasteiger partial charge on any atom is -0.383 e. The van der Waals surface area contributed by atoms with Crippen LogP contribution in [0.2, 0.25) is 0 Å². The van der Waals surface area contributed by atoms with Gasteiger partial charge in [-0.2, -0.15) is 0 Å². The summed E-state index contributed by atoms with van der Waals surface area (Å²) in [5.74, 6) is 0.0951. The van der Waals surface area contributed by atoms with Crippen LogP contribution in [0.3, 0.4) is 0 Å². The van der Waals surface area contributed by atoms with Crippen molar-refractivity contribution in [3.8, 4) is 0 Å². The van der Waals surface area contributed by atoms with Crippen LogP contribution in [0.25, 0.3) is 11.0 Å². The predicted octanol–water partition coefficient (Wildman–Crippen LogP) is 2.83. The van der Waals surface area contributed by atoms with Crippen LogP contribution in [-0.2, 0) is 11.3 Å². The summed E-state index contributed by atoms with van der Waals surface area (Å²) in [6.45, 7) is 1.08. The van der Waals surface area contributed by atoms with Crippen molar-refractivity contribution in [3.05, 3.63) is 59.7 Å². The second-order valence-electron chi connectivity index (χ2n) is 6.85. The summed E-state index contributed by atoms with van der Waals surface area (Å²) in [6.07, 6.45) is 2.08. The monoisotopic (exact) mass is 378 g/mol. The number of methoxy groups -OCH3 is 1. The number of hydrogen-bond acceptors (Lipinski definition) is 4. The minimum absolute atomic E-state index is 0.101. The molecule has 0 saturated heterocycles. The van der Waals surface area contributed by atoms with E-state index in [2.05, 4.69) is 15.6 Å². The second-order valence-corrected chi connectivity index (χ2v) is 6.85. The number of anilines is 1. The van der Waals surface area contributed by atoms with E-state index in [0.29, 0.717) is 36.3 Å². The maximum absolute atomic E-state index is 12.7. The Bertz CT molecular complexity index is 1010. The number of benzene rings is 2. The Kier molecular flexibility index (Phi) is 5.08. The third kappa shape index (κ3) is 3.89. The lowest BCUT2D eigenvalue weighted by atomic mass is 10.1. The Morgan fingerprint density at radius 1 is 1.07 bits per heavy atom. The van der Waals surface area contributed by atoms with Crippen molar-refractivity contribution in [2.75, 3.05) is 19.0 Å². The Balaban J connectivity index is 1.52. The van der Waals surface area contributed by atoms with Crippen LogP contribution in [0.1, 0.15) is 33.6 Å². The van der Waals surface area contributed by atoms with Gasteiger partial charge >= 0.3 is 0 Å². The van der Waals surface area contributed by atoms with E-state index in [1.807, 2.05) is 28.8 Å². The van der Waals surface area contributed by atoms with Gasteiger partial charge in [0.15, 0.2) is 0 Å². The first kappa shape index (κ1) is 18.2. The maximum atomic E-state index is 12.7. The van der Waals surface area contributed by atoms with Gasteiger partial charge in [-0.15, -0.1) is 0 Å². The molecule has 28 heavy (non-hydrogen) atoms. The summed E-state index contributed by atoms with van der Waals surface area (Å²) < 4.78 is 7.10. The summed E-state index contributed by atoms with van der Waals surface area (Å²) in [6, 6.07) is 14.6. The Hall–Kier alpha value is -3.19. The lowest BCUT2D eigenvalue weighted by Crippen LogP contribution is -2.25. The highest BCUT2D eigenvalue weighted by Gasteiger charge is 2.23. The fourth-order valence-electron chi connectivity index (χ4n) is 3.02. The van der Waals surface area contributed by atoms with Crippen LogP contribution < -0.4 is 10.6 Å². The standard InChI is InChI=1S/C21H22N4O3/c1-28-13-12-25-18-5-3-2-4-17(18)23-21(25)24-20(27)15-8-6-14(7-9-15)19(26)22-16-10-11-16/h2-9,16H,10-13H2,1H3,(H,22,26)(H,23,24,27). The molecule has 2 aromatic carbocycles. The van der Waals surface area contributed by atoms with Crippen LogP contribution >= 0.6 is 0 Å². The first-order chi connectivity index (χ1) is 13.7. The number of ether oxygens (including phenoxy) is 1. The number of fused-ring (bicyclic) bond motifs is 1. The van der Waals surface area contributed by atoms with Crippen molar-refractivity contribution < 1.29 is 14.3 Å². The van der Waals surface area contributed by atoms with Gasteiger partial charge in [0, 0.05) is 30.8 Å². The highest BCUT2D eigenvalue weighted by Crippen LogP contribution is 2.21. The number of nitrogens with zero attached hydrogens (tertiary/aromatic N) is 2. The molecular weight excluding hydrogens is 356 g/mol. The lowest BCUT2D eigenvalue weighted by Gasteiger charge is -2.10. The number of hydrogen-bond donors (Lipinski definition) is 2. The summed E-state index contributed by atoms with van der Waals surface area (Å²) in [4.78, 5) is 29.3. The van der Waals surface area contributed by atoms with Gasteiger partial charge in [0.05, 0.1) is 17.6 Å². The van der Waals surface area contributed by atoms with Crippen molar-refractivity contribution in [1.29, 1.82) is 0 Å². The molecule has 144 valence electrons. The summed E-state index contributed by atoms with van der Waals surface area (Å²) in [5.41, 5.74) is 2.76. The number of rotatable bonds is 7. The van der Waals surface area contributed by atoms with Gasteiger partial charge in [-0.1, -0.05) is 12.1 Å². The molecule has 7 nitrogen and oxygen atoms in total. The zero-order valence-electron chi connectivity index (χ0n) is 15.6. The molecule has 1 aliphatic carbocycles. The van der Waals surface area contributed by atoms with Gasteiger partial charge in [0.25, 0.3) is 11.8 Å². The van der Waals surface area contributed by atoms with Gasteiger partial charge in [-0.3, -0.25) is 14.9 Å². The molecule has 2 amide bonds. The van der Waals surface area contributed by atoms with Crippen molar-refractivity contribution in [3.63, 3.8) is 0 Å². The summed E-state index contributed by atoms with van der Waals surface area (Å²) in [7, 11) is 1.64. The SMILES string of the molecule is COCCn1c(NC(=O)c2ccc(C(=O)NC3CC3)cc2)nc2ccccc21. The Morgan fingerprint density at radius 2 is 1.75 bits per heavy atom. The molecule has 0 unspecified atom stereocenters. The van der Waals surface area contributed by atoms with E-state index in [1.165, 1.54) is 0 Å². The number of imidazole rings is 1. The molecule has 0 bridgehead atoms. The van der Waals surface area contributed by atoms with E-state index < -0.39 is 0 Å². The van der Waals surface area contributed by atoms with E-state index in [9.17, 15) is 9.59 Å². The largest absolute Gasteiger partial charge is 0.383 e. The molecule has 1 aromatic heterocycles. The fourth-order valence-corrected chi connectivity index (χ4v) is 3.02. The van der Waals surface area contributed by atoms with Crippen LogP contribution in [0.4, 0.5) is 5.95 Å². The zero-order chi connectivity index (χ0) is 19.5. The summed E-state index contributed by atoms with van der Waals surface area (Å²) >= 11 is 0. The van der Waals surface area contributed by atoms with Gasteiger partial charge in [-0.25, -0.2) is 4.98 Å². The minimum atomic E-state index is -0.275. The molecular formula is C21H22N4O3. The van der Waals surface area contributed by atoms with Crippen LogP contribution in [0.5, 0.6) is 0 Å². The van der Waals surface area contributed by atoms with E-state index >= 15 is 0 Å². The number of amides is 2. The predicted molar refractivity (Wildman–Crippen MR) is 106 cm³/mol. The smallest absolute Gasteiger partial charge is 0.257 e.